The zero-order valence-electron chi connectivity index (χ0n) is 19.1. The van der Waals surface area contributed by atoms with Crippen LogP contribution in [0.2, 0.25) is 0 Å². The summed E-state index contributed by atoms with van der Waals surface area (Å²) in [5.41, 5.74) is 7.66. The number of aromatic nitrogens is 4. The molecule has 1 aromatic carbocycles. The van der Waals surface area contributed by atoms with Gasteiger partial charge in [-0.1, -0.05) is 17.8 Å². The molecule has 0 amide bonds. The first kappa shape index (κ1) is 28.6. The average molecular weight is 574 g/mol. The van der Waals surface area contributed by atoms with E-state index in [9.17, 15) is 30.9 Å². The number of aryl methyl sites for hydroxylation is 1. The van der Waals surface area contributed by atoms with Gasteiger partial charge in [-0.15, -0.1) is 11.8 Å². The van der Waals surface area contributed by atoms with Crippen molar-refractivity contribution < 1.29 is 35.6 Å². The molecule has 36 heavy (non-hydrogen) atoms. The second-order valence-electron chi connectivity index (χ2n) is 7.90. The highest BCUT2D eigenvalue weighted by Gasteiger charge is 2.46. The Morgan fingerprint density at radius 3 is 2.36 bits per heavy atom. The Balaban J connectivity index is 1.75. The maximum absolute atomic E-state index is 12.7. The predicted molar refractivity (Wildman–Crippen MR) is 127 cm³/mol. The van der Waals surface area contributed by atoms with Crippen LogP contribution in [0, 0.1) is 6.92 Å². The molecule has 3 aromatic rings. The molecule has 0 aliphatic heterocycles. The molecule has 0 saturated carbocycles. The summed E-state index contributed by atoms with van der Waals surface area (Å²) in [5, 5.41) is 0.484. The molecule has 0 spiro atoms. The van der Waals surface area contributed by atoms with E-state index in [0.717, 1.165) is 15.4 Å². The van der Waals surface area contributed by atoms with Crippen LogP contribution in [0.4, 0.5) is 32.3 Å². The fraction of sp³-hybridized carbons (Fsp3) is 0.450. The zero-order valence-corrected chi connectivity index (χ0v) is 21.6. The van der Waals surface area contributed by atoms with Gasteiger partial charge < -0.3 is 19.6 Å². The lowest BCUT2D eigenvalue weighted by molar-refractivity contribution is -0.113. The number of ether oxygens (including phenoxy) is 1. The van der Waals surface area contributed by atoms with Crippen molar-refractivity contribution in [3.05, 3.63) is 30.1 Å². The third-order valence-electron chi connectivity index (χ3n) is 4.71. The van der Waals surface area contributed by atoms with Crippen LogP contribution >= 0.6 is 30.7 Å². The minimum atomic E-state index is -5.01. The first-order chi connectivity index (χ1) is 16.7. The number of alkyl halides is 6. The van der Waals surface area contributed by atoms with Gasteiger partial charge in [0, 0.05) is 16.3 Å². The molecule has 0 aliphatic carbocycles. The van der Waals surface area contributed by atoms with Crippen LogP contribution in [0.5, 0.6) is 0 Å². The van der Waals surface area contributed by atoms with E-state index in [-0.39, 0.29) is 19.1 Å². The number of fused-ring (bicyclic) bond motifs is 1. The topological polar surface area (TPSA) is 95.9 Å². The third kappa shape index (κ3) is 8.02. The van der Waals surface area contributed by atoms with Crippen LogP contribution in [0.15, 0.2) is 39.3 Å². The van der Waals surface area contributed by atoms with E-state index in [4.69, 9.17) is 10.5 Å². The lowest BCUT2D eigenvalue weighted by atomic mass is 10.2. The van der Waals surface area contributed by atoms with Crippen molar-refractivity contribution in [2.45, 2.75) is 40.6 Å². The second kappa shape index (κ2) is 11.2. The minimum Gasteiger partial charge on any atom is -0.372 e. The number of nitrogens with zero attached hydrogens (tertiary/aromatic N) is 4. The number of anilines is 1. The third-order valence-corrected chi connectivity index (χ3v) is 9.20. The molecule has 0 atom stereocenters. The summed E-state index contributed by atoms with van der Waals surface area (Å²) in [7, 11) is -4.73. The molecule has 16 heteroatoms. The Bertz CT molecular complexity index is 1250. The Kier molecular flexibility index (Phi) is 8.90. The normalized spacial score (nSPS) is 13.0. The quantitative estimate of drug-likeness (QED) is 0.103. The standard InChI is InChI=1S/C20H22F6N5O2PS2/c1-12-3-4-13(35-2)14(7-12)36-17-15-16(29-18(27)30-17)31(10-28-15)5-6-33-11-34(32,8-19(21,22)23)9-20(24,25)26/h3-4,7,10H,5-6,8-9,11H2,1-2H3,(H2,27,29,30). The SMILES string of the molecule is CSc1ccc(C)cc1Sc1nc(N)nc2c1ncn2CCOCP(=O)(CC(F)(F)F)CC(F)(F)F. The molecule has 0 aliphatic rings. The zero-order chi connectivity index (χ0) is 26.7. The Morgan fingerprint density at radius 2 is 1.75 bits per heavy atom. The van der Waals surface area contributed by atoms with Gasteiger partial charge in [0.25, 0.3) is 0 Å². The van der Waals surface area contributed by atoms with Crippen LogP contribution in [-0.2, 0) is 15.8 Å². The van der Waals surface area contributed by atoms with Crippen molar-refractivity contribution in [1.82, 2.24) is 19.5 Å². The summed E-state index contributed by atoms with van der Waals surface area (Å²) >= 11 is 2.90. The summed E-state index contributed by atoms with van der Waals surface area (Å²) < 4.78 is 95.0. The van der Waals surface area contributed by atoms with E-state index in [1.165, 1.54) is 22.7 Å². The van der Waals surface area contributed by atoms with Crippen molar-refractivity contribution >= 4 is 47.8 Å². The molecule has 2 heterocycles. The molecule has 7 nitrogen and oxygen atoms in total. The Labute approximate surface area is 211 Å². The number of benzene rings is 1. The van der Waals surface area contributed by atoms with Crippen LogP contribution in [0.1, 0.15) is 5.56 Å². The largest absolute Gasteiger partial charge is 0.395 e. The van der Waals surface area contributed by atoms with Gasteiger partial charge in [-0.3, -0.25) is 0 Å². The first-order valence-electron chi connectivity index (χ1n) is 10.3. The van der Waals surface area contributed by atoms with Crippen LogP contribution < -0.4 is 5.73 Å². The second-order valence-corrected chi connectivity index (χ2v) is 12.8. The van der Waals surface area contributed by atoms with E-state index in [1.807, 2.05) is 31.4 Å². The first-order valence-corrected chi connectivity index (χ1v) is 14.6. The number of hydrogen-bond acceptors (Lipinski definition) is 8. The lowest BCUT2D eigenvalue weighted by Gasteiger charge is -2.21. The molecule has 2 N–H and O–H groups in total. The smallest absolute Gasteiger partial charge is 0.372 e. The number of thioether (sulfide) groups is 1. The number of hydrogen-bond donors (Lipinski definition) is 1. The van der Waals surface area contributed by atoms with Crippen LogP contribution in [0.3, 0.4) is 0 Å². The molecule has 198 valence electrons. The number of nitrogens with two attached hydrogens (primary N) is 1. The van der Waals surface area contributed by atoms with Gasteiger partial charge in [0.05, 0.1) is 25.3 Å². The summed E-state index contributed by atoms with van der Waals surface area (Å²) in [4.78, 5) is 14.7. The van der Waals surface area contributed by atoms with E-state index in [0.29, 0.717) is 16.2 Å². The Morgan fingerprint density at radius 1 is 1.08 bits per heavy atom. The molecular weight excluding hydrogens is 551 g/mol. The summed E-state index contributed by atoms with van der Waals surface area (Å²) in [6.45, 7) is 1.62. The fourth-order valence-corrected chi connectivity index (χ4v) is 7.24. The van der Waals surface area contributed by atoms with Gasteiger partial charge in [0.1, 0.15) is 24.0 Å². The highest BCUT2D eigenvalue weighted by Crippen LogP contribution is 2.53. The number of rotatable bonds is 10. The van der Waals surface area contributed by atoms with Gasteiger partial charge >= 0.3 is 12.4 Å². The van der Waals surface area contributed by atoms with Gasteiger partial charge in [-0.25, -0.2) is 9.97 Å². The van der Waals surface area contributed by atoms with Crippen molar-refractivity contribution in [2.24, 2.45) is 0 Å². The average Bonchev–Trinajstić information content (AvgIpc) is 3.11. The van der Waals surface area contributed by atoms with Crippen molar-refractivity contribution in [3.8, 4) is 0 Å². The van der Waals surface area contributed by atoms with E-state index in [2.05, 4.69) is 15.0 Å². The molecule has 0 unspecified atom stereocenters. The Hall–Kier alpha value is -1.96. The minimum absolute atomic E-state index is 0.0183. The summed E-state index contributed by atoms with van der Waals surface area (Å²) in [6, 6.07) is 5.96. The molecule has 2 aromatic heterocycles. The number of halogens is 6. The highest BCUT2D eigenvalue weighted by atomic mass is 32.2. The van der Waals surface area contributed by atoms with Gasteiger partial charge in [-0.05, 0) is 30.9 Å². The van der Waals surface area contributed by atoms with E-state index < -0.39 is 38.2 Å². The van der Waals surface area contributed by atoms with Crippen molar-refractivity contribution in [2.75, 3.05) is 37.3 Å². The maximum atomic E-state index is 12.7. The van der Waals surface area contributed by atoms with Crippen molar-refractivity contribution in [3.63, 3.8) is 0 Å². The molecular formula is C20H22F6N5O2PS2. The molecule has 0 fully saturated rings. The fourth-order valence-electron chi connectivity index (χ4n) is 3.33. The van der Waals surface area contributed by atoms with Crippen LogP contribution in [0.25, 0.3) is 11.2 Å². The monoisotopic (exact) mass is 573 g/mol. The van der Waals surface area contributed by atoms with E-state index >= 15 is 0 Å². The summed E-state index contributed by atoms with van der Waals surface area (Å²) in [6.07, 6.45) is -11.9. The number of imidazole rings is 1. The molecule has 3 rings (SSSR count). The molecule has 0 bridgehead atoms. The van der Waals surface area contributed by atoms with Crippen molar-refractivity contribution in [1.29, 1.82) is 0 Å². The number of nitrogen functional groups attached to an aromatic ring is 1. The highest BCUT2D eigenvalue weighted by molar-refractivity contribution is 8.02. The summed E-state index contributed by atoms with van der Waals surface area (Å²) in [5.74, 6) is -0.0362. The lowest BCUT2D eigenvalue weighted by Crippen LogP contribution is -2.24. The van der Waals surface area contributed by atoms with Gasteiger partial charge in [0.15, 0.2) is 5.65 Å². The van der Waals surface area contributed by atoms with E-state index in [1.54, 1.807) is 11.8 Å². The molecule has 0 saturated heterocycles. The van der Waals surface area contributed by atoms with Crippen LogP contribution in [-0.4, -0.2) is 63.4 Å². The van der Waals surface area contributed by atoms with Gasteiger partial charge in [0.2, 0.25) is 5.95 Å². The maximum Gasteiger partial charge on any atom is 0.395 e. The van der Waals surface area contributed by atoms with Gasteiger partial charge in [-0.2, -0.15) is 31.3 Å². The predicted octanol–water partition coefficient (Wildman–Crippen LogP) is 6.05. The molecule has 0 radical (unpaired) electrons.